The fourth-order valence-corrected chi connectivity index (χ4v) is 14.2. The first-order chi connectivity index (χ1) is 35.3. The zero-order chi connectivity index (χ0) is 52.1. The Kier molecular flexibility index (Phi) is 14.7. The molecule has 2 amide bonds. The van der Waals surface area contributed by atoms with Gasteiger partial charge in [0.05, 0.1) is 24.8 Å². The lowest BCUT2D eigenvalue weighted by atomic mass is 9.81. The van der Waals surface area contributed by atoms with Crippen molar-refractivity contribution in [3.63, 3.8) is 0 Å². The van der Waals surface area contributed by atoms with Crippen LogP contribution in [0, 0.1) is 11.8 Å². The molecule has 6 aliphatic rings. The Hall–Kier alpha value is -5.52. The van der Waals surface area contributed by atoms with Gasteiger partial charge in [-0.1, -0.05) is 30.0 Å². The van der Waals surface area contributed by atoms with Crippen LogP contribution >= 0.6 is 23.5 Å². The van der Waals surface area contributed by atoms with Gasteiger partial charge in [0.2, 0.25) is 11.3 Å². The van der Waals surface area contributed by atoms with Crippen LogP contribution in [0.1, 0.15) is 107 Å². The molecule has 22 nitrogen and oxygen atoms in total. The van der Waals surface area contributed by atoms with Gasteiger partial charge in [-0.15, -0.1) is 0 Å². The molecule has 10 rings (SSSR count). The Morgan fingerprint density at radius 3 is 2.45 bits per heavy atom. The van der Waals surface area contributed by atoms with Crippen LogP contribution < -0.4 is 41.4 Å². The number of phosphoric acid groups is 3. The minimum absolute atomic E-state index is 0.0833. The molecule has 392 valence electrons. The number of amides is 2. The van der Waals surface area contributed by atoms with Crippen LogP contribution in [0.15, 0.2) is 52.2 Å². The van der Waals surface area contributed by atoms with E-state index in [4.69, 9.17) is 19.3 Å². The third-order valence-electron chi connectivity index (χ3n) is 14.2. The summed E-state index contributed by atoms with van der Waals surface area (Å²) in [7, 11) is -15.0. The van der Waals surface area contributed by atoms with Crippen molar-refractivity contribution >= 4 is 46.5 Å². The molecule has 0 radical (unpaired) electrons. The number of rotatable bonds is 15. The molecule has 1 saturated heterocycles. The number of benzene rings is 3. The number of anilines is 1. The van der Waals surface area contributed by atoms with Gasteiger partial charge in [0.15, 0.2) is 0 Å². The van der Waals surface area contributed by atoms with Gasteiger partial charge in [-0.3, -0.25) is 28.5 Å². The second-order valence-corrected chi connectivity index (χ2v) is 23.6. The number of carbonyl (C=O) groups is 2. The molecule has 4 atom stereocenters. The number of aromatic amines is 1. The van der Waals surface area contributed by atoms with Crippen molar-refractivity contribution < 1.29 is 65.5 Å². The van der Waals surface area contributed by atoms with Crippen molar-refractivity contribution in [1.82, 2.24) is 24.3 Å². The number of aryl methyl sites for hydroxylation is 2. The summed E-state index contributed by atoms with van der Waals surface area (Å²) in [5, 5.41) is 5.07. The lowest BCUT2D eigenvalue weighted by Crippen LogP contribution is -2.45. The molecule has 1 aromatic heterocycles. The Morgan fingerprint density at radius 2 is 1.65 bits per heavy atom. The minimum atomic E-state index is -5.72. The van der Waals surface area contributed by atoms with Crippen molar-refractivity contribution in [3.8, 4) is 23.3 Å². The van der Waals surface area contributed by atoms with Crippen molar-refractivity contribution in [1.29, 1.82) is 0 Å². The first kappa shape index (κ1) is 51.9. The zero-order valence-corrected chi connectivity index (χ0v) is 43.1. The minimum Gasteiger partial charge on any atom is -0.455 e. The molecule has 0 spiro atoms. The van der Waals surface area contributed by atoms with Gasteiger partial charge in [-0.2, -0.15) is 8.62 Å². The fourth-order valence-electron chi connectivity index (χ4n) is 11.1. The Labute approximate surface area is 424 Å². The number of phosphoric ester groups is 1. The summed E-state index contributed by atoms with van der Waals surface area (Å²) in [5.41, 5.74) is 8.22. The van der Waals surface area contributed by atoms with Crippen LogP contribution in [0.2, 0.25) is 0 Å². The van der Waals surface area contributed by atoms with Crippen LogP contribution in [-0.4, -0.2) is 105 Å². The van der Waals surface area contributed by atoms with Gasteiger partial charge < -0.3 is 44.2 Å². The van der Waals surface area contributed by atoms with Crippen molar-refractivity contribution in [3.05, 3.63) is 119 Å². The lowest BCUT2D eigenvalue weighted by molar-refractivity contribution is -0.121. The van der Waals surface area contributed by atoms with Gasteiger partial charge in [-0.05, 0) is 87.1 Å². The van der Waals surface area contributed by atoms with E-state index in [1.54, 1.807) is 11.9 Å². The molecule has 25 heteroatoms. The summed E-state index contributed by atoms with van der Waals surface area (Å²) in [6.45, 7) is 3.60. The summed E-state index contributed by atoms with van der Waals surface area (Å²) in [6, 6.07) is 12.5. The summed E-state index contributed by atoms with van der Waals surface area (Å²) >= 11 is 0. The van der Waals surface area contributed by atoms with Gasteiger partial charge >= 0.3 is 29.2 Å². The third-order valence-corrected chi connectivity index (χ3v) is 18.0. The van der Waals surface area contributed by atoms with Gasteiger partial charge in [0, 0.05) is 90.9 Å². The number of carbonyl (C=O) groups excluding carboxylic acids is 2. The monoisotopic (exact) mass is 1080 g/mol. The van der Waals surface area contributed by atoms with Crippen LogP contribution in [-0.2, 0) is 62.1 Å². The molecule has 6 N–H and O–H groups in total. The number of ether oxygens (including phenoxy) is 2. The molecule has 0 aliphatic carbocycles. The smallest absolute Gasteiger partial charge is 0.455 e. The van der Waals surface area contributed by atoms with E-state index in [-0.39, 0.29) is 49.7 Å². The Bertz CT molecular complexity index is 3450. The second-order valence-electron chi connectivity index (χ2n) is 19.2. The zero-order valence-electron chi connectivity index (χ0n) is 40.4. The molecule has 1 fully saturated rings. The average molecular weight is 1080 g/mol. The Morgan fingerprint density at radius 1 is 0.905 bits per heavy atom. The molecular weight excluding hydrogens is 1020 g/mol. The van der Waals surface area contributed by atoms with E-state index in [9.17, 15) is 42.7 Å². The number of H-pyrrole nitrogens is 1. The molecule has 3 aromatic carbocycles. The van der Waals surface area contributed by atoms with Crippen LogP contribution in [0.5, 0.6) is 11.5 Å². The number of nitrogens with zero attached hydrogens (tertiary/aromatic N) is 4. The predicted molar refractivity (Wildman–Crippen MR) is 267 cm³/mol. The van der Waals surface area contributed by atoms with Crippen molar-refractivity contribution in [2.75, 3.05) is 57.8 Å². The third kappa shape index (κ3) is 10.9. The molecular formula is C49H56N6O16P3+. The maximum atomic E-state index is 14.6. The normalized spacial score (nSPS) is 20.1. The quantitative estimate of drug-likeness (QED) is 0.0499. The predicted octanol–water partition coefficient (Wildman–Crippen LogP) is 3.01. The molecule has 4 aromatic rings. The highest BCUT2D eigenvalue weighted by molar-refractivity contribution is 7.66. The van der Waals surface area contributed by atoms with E-state index in [2.05, 4.69) is 63.0 Å². The topological polar surface area (TPSA) is 289 Å². The molecule has 0 saturated carbocycles. The van der Waals surface area contributed by atoms with Crippen LogP contribution in [0.4, 0.5) is 5.69 Å². The van der Waals surface area contributed by atoms with Crippen molar-refractivity contribution in [2.24, 2.45) is 0 Å². The second kappa shape index (κ2) is 20.9. The van der Waals surface area contributed by atoms with E-state index in [1.165, 1.54) is 33.3 Å². The SMILES string of the molecule is CN(CCCC(=O)NCC#Cc1cn([C@H]2CC[C@@H](COP(=O)(O)OP(=O)(O)OP(=O)(O)O)O2)c(=O)[nH]c1=O)C(=O)c1ccccc1C1=c2cc3c4c(c2Oc2c1cc1c5c2CCCN5CCC1)CCC[N+]=4CCC3. The van der Waals surface area contributed by atoms with Crippen LogP contribution in [0.3, 0.4) is 0 Å². The largest absolute Gasteiger partial charge is 0.490 e. The number of fused-ring (bicyclic) bond motifs is 4. The highest BCUT2D eigenvalue weighted by Gasteiger charge is 2.42. The molecule has 74 heavy (non-hydrogen) atoms. The first-order valence-electron chi connectivity index (χ1n) is 24.7. The molecule has 0 bridgehead atoms. The van der Waals surface area contributed by atoms with E-state index < -0.39 is 53.7 Å². The number of nitrogens with one attached hydrogen (secondary N) is 2. The average Bonchev–Trinajstić information content (AvgIpc) is 3.83. The summed E-state index contributed by atoms with van der Waals surface area (Å²) in [5.74, 6) is 6.68. The highest BCUT2D eigenvalue weighted by atomic mass is 31.3. The summed E-state index contributed by atoms with van der Waals surface area (Å²) in [4.78, 5) is 95.8. The number of hydrogen-bond donors (Lipinski definition) is 6. The number of hydrogen-bond acceptors (Lipinski definition) is 13. The molecule has 6 aliphatic heterocycles. The van der Waals surface area contributed by atoms with E-state index in [0.717, 1.165) is 122 Å². The van der Waals surface area contributed by atoms with E-state index in [1.807, 2.05) is 18.2 Å². The summed E-state index contributed by atoms with van der Waals surface area (Å²) in [6.07, 6.45) is 8.03. The van der Waals surface area contributed by atoms with Gasteiger partial charge in [0.25, 0.3) is 11.5 Å². The highest BCUT2D eigenvalue weighted by Crippen LogP contribution is 2.66. The molecule has 2 unspecified atom stereocenters. The maximum Gasteiger partial charge on any atom is 0.490 e. The van der Waals surface area contributed by atoms with Crippen LogP contribution in [0.25, 0.3) is 5.57 Å². The van der Waals surface area contributed by atoms with E-state index >= 15 is 0 Å². The standard InChI is InChI=1S/C49H55N6O16P3/c1-52(21-9-17-40(56)50-20-4-10-32-28-55(49(59)51-47(32)57)41-19-18-33(68-41)29-67-73(63,64)71-74(65,66)70-72(60,61)62)48(58)35-14-3-2-13-34(35)42-38-26-30-11-5-22-53-24-7-15-36(43(30)53)45(38)69-46-37-16-8-25-54-23-6-12-31(44(37)54)27-39(42)46/h2-3,13-14,26-28,33,41H,5-9,11-12,15-25,29H2,1H3,(H5-,50,51,56,57,59,60,61,62,63,64,65,66)/p+1/t33-,41+/m0/s1. The fraction of sp³-hybridized carbons (Fsp3) is 0.449. The van der Waals surface area contributed by atoms with Gasteiger partial charge in [-0.25, -0.2) is 23.1 Å². The molecule has 7 heterocycles. The first-order valence-corrected chi connectivity index (χ1v) is 29.2. The summed E-state index contributed by atoms with van der Waals surface area (Å²) < 4.78 is 63.2. The maximum absolute atomic E-state index is 14.6. The van der Waals surface area contributed by atoms with E-state index in [0.29, 0.717) is 12.0 Å². The number of aromatic nitrogens is 2. The van der Waals surface area contributed by atoms with Crippen molar-refractivity contribution in [2.45, 2.75) is 89.4 Å². The van der Waals surface area contributed by atoms with Gasteiger partial charge in [0.1, 0.15) is 36.4 Å². The Balaban J connectivity index is 0.794. The lowest BCUT2D eigenvalue weighted by Gasteiger charge is -2.39.